The molecule has 0 amide bonds. The molecule has 1 heterocycles. The van der Waals surface area contributed by atoms with Gasteiger partial charge in [0.15, 0.2) is 0 Å². The van der Waals surface area contributed by atoms with Crippen LogP contribution in [0, 0.1) is 0 Å². The SMILES string of the molecule is CC[C@@H]1CNCCN1Cc1ccc(C(=O)OC)cc1. The van der Waals surface area contributed by atoms with Crippen LogP contribution in [0.3, 0.4) is 0 Å². The van der Waals surface area contributed by atoms with Gasteiger partial charge in [0.05, 0.1) is 12.7 Å². The van der Waals surface area contributed by atoms with Crippen molar-refractivity contribution in [1.29, 1.82) is 0 Å². The number of hydrogen-bond acceptors (Lipinski definition) is 4. The van der Waals surface area contributed by atoms with Crippen molar-refractivity contribution in [2.75, 3.05) is 26.7 Å². The first-order valence-electron chi connectivity index (χ1n) is 6.86. The van der Waals surface area contributed by atoms with Crippen LogP contribution in [-0.4, -0.2) is 43.7 Å². The van der Waals surface area contributed by atoms with E-state index < -0.39 is 0 Å². The Bertz CT molecular complexity index is 417. The number of carbonyl (C=O) groups is 1. The number of rotatable bonds is 4. The first-order chi connectivity index (χ1) is 9.24. The first kappa shape index (κ1) is 14.0. The van der Waals surface area contributed by atoms with Gasteiger partial charge in [-0.25, -0.2) is 4.79 Å². The smallest absolute Gasteiger partial charge is 0.337 e. The van der Waals surface area contributed by atoms with Gasteiger partial charge in [0.2, 0.25) is 0 Å². The molecule has 0 radical (unpaired) electrons. The molecule has 1 N–H and O–H groups in total. The number of piperazine rings is 1. The monoisotopic (exact) mass is 262 g/mol. The Kier molecular flexibility index (Phi) is 4.93. The number of methoxy groups -OCH3 is 1. The van der Waals surface area contributed by atoms with Crippen LogP contribution in [0.5, 0.6) is 0 Å². The Morgan fingerprint density at radius 2 is 2.16 bits per heavy atom. The number of esters is 1. The molecule has 4 heteroatoms. The van der Waals surface area contributed by atoms with Gasteiger partial charge in [0, 0.05) is 32.2 Å². The number of hydrogen-bond donors (Lipinski definition) is 1. The van der Waals surface area contributed by atoms with E-state index in [1.807, 2.05) is 24.3 Å². The lowest BCUT2D eigenvalue weighted by molar-refractivity contribution is 0.0600. The van der Waals surface area contributed by atoms with Gasteiger partial charge in [-0.1, -0.05) is 19.1 Å². The third-order valence-corrected chi connectivity index (χ3v) is 3.70. The van der Waals surface area contributed by atoms with Crippen molar-refractivity contribution in [2.24, 2.45) is 0 Å². The zero-order chi connectivity index (χ0) is 13.7. The molecule has 1 atom stereocenters. The molecule has 2 rings (SSSR count). The topological polar surface area (TPSA) is 41.6 Å². The van der Waals surface area contributed by atoms with E-state index in [0.29, 0.717) is 11.6 Å². The van der Waals surface area contributed by atoms with Gasteiger partial charge in [0.1, 0.15) is 0 Å². The third kappa shape index (κ3) is 3.55. The van der Waals surface area contributed by atoms with Gasteiger partial charge < -0.3 is 10.1 Å². The molecule has 1 fully saturated rings. The average molecular weight is 262 g/mol. The Morgan fingerprint density at radius 1 is 1.42 bits per heavy atom. The van der Waals surface area contributed by atoms with E-state index >= 15 is 0 Å². The van der Waals surface area contributed by atoms with Crippen LogP contribution in [0.15, 0.2) is 24.3 Å². The standard InChI is InChI=1S/C15H22N2O2/c1-3-14-10-16-8-9-17(14)11-12-4-6-13(7-5-12)15(18)19-2/h4-7,14,16H,3,8-11H2,1-2H3/t14-/m1/s1. The summed E-state index contributed by atoms with van der Waals surface area (Å²) in [6.07, 6.45) is 1.16. The highest BCUT2D eigenvalue weighted by atomic mass is 16.5. The summed E-state index contributed by atoms with van der Waals surface area (Å²) < 4.78 is 4.70. The second kappa shape index (κ2) is 6.68. The van der Waals surface area contributed by atoms with Crippen LogP contribution in [0.1, 0.15) is 29.3 Å². The lowest BCUT2D eigenvalue weighted by atomic mass is 10.1. The molecule has 0 bridgehead atoms. The maximum Gasteiger partial charge on any atom is 0.337 e. The van der Waals surface area contributed by atoms with Gasteiger partial charge in [0.25, 0.3) is 0 Å². The maximum atomic E-state index is 11.4. The van der Waals surface area contributed by atoms with Gasteiger partial charge in [-0.3, -0.25) is 4.90 Å². The molecule has 1 aliphatic heterocycles. The Balaban J connectivity index is 2.00. The van der Waals surface area contributed by atoms with Gasteiger partial charge >= 0.3 is 5.97 Å². The molecule has 0 spiro atoms. The molecule has 0 saturated carbocycles. The van der Waals surface area contributed by atoms with Crippen LogP contribution in [0.4, 0.5) is 0 Å². The van der Waals surface area contributed by atoms with Gasteiger partial charge in [-0.15, -0.1) is 0 Å². The fraction of sp³-hybridized carbons (Fsp3) is 0.533. The summed E-state index contributed by atoms with van der Waals surface area (Å²) in [6, 6.07) is 8.31. The molecular formula is C15H22N2O2. The minimum atomic E-state index is -0.278. The highest BCUT2D eigenvalue weighted by molar-refractivity contribution is 5.89. The van der Waals surface area contributed by atoms with Crippen molar-refractivity contribution >= 4 is 5.97 Å². The lowest BCUT2D eigenvalue weighted by Crippen LogP contribution is -2.50. The Labute approximate surface area is 114 Å². The fourth-order valence-corrected chi connectivity index (χ4v) is 2.51. The number of benzene rings is 1. The molecule has 0 aliphatic carbocycles. The number of ether oxygens (including phenoxy) is 1. The van der Waals surface area contributed by atoms with E-state index in [9.17, 15) is 4.79 Å². The summed E-state index contributed by atoms with van der Waals surface area (Å²) in [5.41, 5.74) is 1.85. The molecule has 1 saturated heterocycles. The van der Waals surface area contributed by atoms with Crippen molar-refractivity contribution in [3.05, 3.63) is 35.4 Å². The fourth-order valence-electron chi connectivity index (χ4n) is 2.51. The first-order valence-corrected chi connectivity index (χ1v) is 6.86. The van der Waals surface area contributed by atoms with Crippen LogP contribution in [0.2, 0.25) is 0 Å². The second-order valence-corrected chi connectivity index (χ2v) is 4.93. The van der Waals surface area contributed by atoms with E-state index in [1.54, 1.807) is 0 Å². The molecule has 4 nitrogen and oxygen atoms in total. The zero-order valence-corrected chi connectivity index (χ0v) is 11.7. The molecule has 1 aromatic carbocycles. The molecule has 0 unspecified atom stereocenters. The van der Waals surface area contributed by atoms with E-state index in [0.717, 1.165) is 32.6 Å². The van der Waals surface area contributed by atoms with Crippen LogP contribution >= 0.6 is 0 Å². The van der Waals surface area contributed by atoms with Crippen molar-refractivity contribution < 1.29 is 9.53 Å². The van der Waals surface area contributed by atoms with E-state index in [-0.39, 0.29) is 5.97 Å². The predicted molar refractivity (Wildman–Crippen MR) is 75.1 cm³/mol. The van der Waals surface area contributed by atoms with Crippen LogP contribution < -0.4 is 5.32 Å². The maximum absolute atomic E-state index is 11.4. The third-order valence-electron chi connectivity index (χ3n) is 3.70. The average Bonchev–Trinajstić information content (AvgIpc) is 2.48. The van der Waals surface area contributed by atoms with Crippen LogP contribution in [0.25, 0.3) is 0 Å². The second-order valence-electron chi connectivity index (χ2n) is 4.93. The van der Waals surface area contributed by atoms with Gasteiger partial charge in [-0.05, 0) is 24.1 Å². The Hall–Kier alpha value is -1.39. The van der Waals surface area contributed by atoms with Crippen molar-refractivity contribution in [1.82, 2.24) is 10.2 Å². The largest absolute Gasteiger partial charge is 0.465 e. The predicted octanol–water partition coefficient (Wildman–Crippen LogP) is 1.66. The number of nitrogens with zero attached hydrogens (tertiary/aromatic N) is 1. The van der Waals surface area contributed by atoms with Gasteiger partial charge in [-0.2, -0.15) is 0 Å². The summed E-state index contributed by atoms with van der Waals surface area (Å²) in [5, 5.41) is 3.43. The summed E-state index contributed by atoms with van der Waals surface area (Å²) >= 11 is 0. The zero-order valence-electron chi connectivity index (χ0n) is 11.7. The van der Waals surface area contributed by atoms with E-state index in [4.69, 9.17) is 4.74 Å². The molecule has 1 aromatic rings. The highest BCUT2D eigenvalue weighted by Crippen LogP contribution is 2.13. The number of carbonyl (C=O) groups excluding carboxylic acids is 1. The quantitative estimate of drug-likeness (QED) is 0.838. The van der Waals surface area contributed by atoms with Crippen molar-refractivity contribution in [3.8, 4) is 0 Å². The molecule has 104 valence electrons. The summed E-state index contributed by atoms with van der Waals surface area (Å²) in [7, 11) is 1.41. The molecule has 19 heavy (non-hydrogen) atoms. The normalized spacial score (nSPS) is 20.2. The van der Waals surface area contributed by atoms with Crippen molar-refractivity contribution in [2.45, 2.75) is 25.9 Å². The van der Waals surface area contributed by atoms with Crippen molar-refractivity contribution in [3.63, 3.8) is 0 Å². The number of nitrogens with one attached hydrogen (secondary N) is 1. The molecular weight excluding hydrogens is 240 g/mol. The Morgan fingerprint density at radius 3 is 2.79 bits per heavy atom. The lowest BCUT2D eigenvalue weighted by Gasteiger charge is -2.35. The summed E-state index contributed by atoms with van der Waals surface area (Å²) in [6.45, 7) is 6.37. The van der Waals surface area contributed by atoms with E-state index in [2.05, 4.69) is 17.1 Å². The minimum absolute atomic E-state index is 0.278. The van der Waals surface area contributed by atoms with Crippen LogP contribution in [-0.2, 0) is 11.3 Å². The summed E-state index contributed by atoms with van der Waals surface area (Å²) in [5.74, 6) is -0.278. The highest BCUT2D eigenvalue weighted by Gasteiger charge is 2.20. The molecule has 0 aromatic heterocycles. The summed E-state index contributed by atoms with van der Waals surface area (Å²) in [4.78, 5) is 13.9. The minimum Gasteiger partial charge on any atom is -0.465 e. The molecule has 1 aliphatic rings. The van der Waals surface area contributed by atoms with E-state index in [1.165, 1.54) is 12.7 Å².